The normalized spacial score (nSPS) is 10.8. The van der Waals surface area contributed by atoms with E-state index in [0.29, 0.717) is 21.0 Å². The van der Waals surface area contributed by atoms with Crippen LogP contribution in [0.4, 0.5) is 10.9 Å². The average molecular weight is 338 g/mol. The SMILES string of the molecule is Cn1cnc([N+](=O)[O-])c1Sc1nnc(NCc2ccco2)s1. The third kappa shape index (κ3) is 3.09. The zero-order chi connectivity index (χ0) is 15.5. The van der Waals surface area contributed by atoms with Gasteiger partial charge in [0.05, 0.1) is 12.8 Å². The second kappa shape index (κ2) is 6.15. The Morgan fingerprint density at radius 3 is 3.14 bits per heavy atom. The molecule has 0 radical (unpaired) electrons. The van der Waals surface area contributed by atoms with Crippen molar-refractivity contribution in [1.29, 1.82) is 0 Å². The fourth-order valence-electron chi connectivity index (χ4n) is 1.63. The molecule has 0 atom stereocenters. The summed E-state index contributed by atoms with van der Waals surface area (Å²) in [6.07, 6.45) is 3.00. The predicted molar refractivity (Wildman–Crippen MR) is 79.9 cm³/mol. The van der Waals surface area contributed by atoms with Gasteiger partial charge in [-0.25, -0.2) is 0 Å². The maximum absolute atomic E-state index is 10.9. The largest absolute Gasteiger partial charge is 0.467 e. The van der Waals surface area contributed by atoms with E-state index in [1.807, 2.05) is 6.07 Å². The first kappa shape index (κ1) is 14.5. The van der Waals surface area contributed by atoms with E-state index >= 15 is 0 Å². The van der Waals surface area contributed by atoms with E-state index in [4.69, 9.17) is 4.42 Å². The third-order valence-electron chi connectivity index (χ3n) is 2.62. The highest BCUT2D eigenvalue weighted by molar-refractivity contribution is 8.01. The molecule has 9 nitrogen and oxygen atoms in total. The van der Waals surface area contributed by atoms with Crippen molar-refractivity contribution in [2.45, 2.75) is 15.9 Å². The molecule has 0 saturated heterocycles. The Morgan fingerprint density at radius 2 is 2.41 bits per heavy atom. The van der Waals surface area contributed by atoms with Gasteiger partial charge in [-0.3, -0.25) is 0 Å². The molecule has 11 heteroatoms. The summed E-state index contributed by atoms with van der Waals surface area (Å²) in [5.41, 5.74) is 0. The number of anilines is 1. The summed E-state index contributed by atoms with van der Waals surface area (Å²) in [5.74, 6) is 0.597. The van der Waals surface area contributed by atoms with Gasteiger partial charge in [-0.15, -0.1) is 10.2 Å². The summed E-state index contributed by atoms with van der Waals surface area (Å²) >= 11 is 2.47. The van der Waals surface area contributed by atoms with Crippen LogP contribution in [-0.4, -0.2) is 24.7 Å². The highest BCUT2D eigenvalue weighted by Gasteiger charge is 2.22. The Balaban J connectivity index is 1.69. The first-order valence-corrected chi connectivity index (χ1v) is 7.70. The number of nitrogens with one attached hydrogen (secondary N) is 1. The summed E-state index contributed by atoms with van der Waals surface area (Å²) in [6, 6.07) is 3.66. The molecule has 3 aromatic heterocycles. The number of hydrogen-bond donors (Lipinski definition) is 1. The quantitative estimate of drug-likeness (QED) is 0.539. The van der Waals surface area contributed by atoms with Gasteiger partial charge in [-0.2, -0.15) is 0 Å². The van der Waals surface area contributed by atoms with Gasteiger partial charge in [0, 0.05) is 7.05 Å². The highest BCUT2D eigenvalue weighted by atomic mass is 32.2. The van der Waals surface area contributed by atoms with Gasteiger partial charge in [-0.05, 0) is 33.8 Å². The molecule has 3 aromatic rings. The van der Waals surface area contributed by atoms with Gasteiger partial charge in [0.15, 0.2) is 9.37 Å². The van der Waals surface area contributed by atoms with Gasteiger partial charge >= 0.3 is 5.82 Å². The molecule has 0 saturated carbocycles. The average Bonchev–Trinajstić information content (AvgIpc) is 3.20. The number of furan rings is 1. The molecule has 22 heavy (non-hydrogen) atoms. The van der Waals surface area contributed by atoms with Crippen molar-refractivity contribution in [3.05, 3.63) is 40.6 Å². The molecule has 0 aliphatic carbocycles. The minimum atomic E-state index is -0.514. The Kier molecular flexibility index (Phi) is 4.06. The van der Waals surface area contributed by atoms with Gasteiger partial charge < -0.3 is 24.4 Å². The second-order valence-corrected chi connectivity index (χ2v) is 6.36. The first-order chi connectivity index (χ1) is 10.6. The van der Waals surface area contributed by atoms with Crippen LogP contribution in [0.3, 0.4) is 0 Å². The summed E-state index contributed by atoms with van der Waals surface area (Å²) in [6.45, 7) is 0.498. The smallest absolute Gasteiger partial charge is 0.396 e. The van der Waals surface area contributed by atoms with E-state index < -0.39 is 4.92 Å². The molecular weight excluding hydrogens is 328 g/mol. The molecule has 0 aromatic carbocycles. The number of rotatable bonds is 6. The van der Waals surface area contributed by atoms with Crippen molar-refractivity contribution < 1.29 is 9.34 Å². The number of imidazole rings is 1. The number of aryl methyl sites for hydroxylation is 1. The number of nitro groups is 1. The van der Waals surface area contributed by atoms with Crippen LogP contribution in [0.15, 0.2) is 38.5 Å². The standard InChI is InChI=1S/C11H10N6O3S2/c1-16-6-13-8(17(18)19)9(16)21-11-15-14-10(22-11)12-5-7-3-2-4-20-7/h2-4,6H,5H2,1H3,(H,12,14). The van der Waals surface area contributed by atoms with Crippen molar-refractivity contribution in [2.75, 3.05) is 5.32 Å². The van der Waals surface area contributed by atoms with Crippen molar-refractivity contribution in [3.63, 3.8) is 0 Å². The Morgan fingerprint density at radius 1 is 1.55 bits per heavy atom. The fraction of sp³-hybridized carbons (Fsp3) is 0.182. The number of nitrogens with zero attached hydrogens (tertiary/aromatic N) is 5. The molecule has 0 spiro atoms. The summed E-state index contributed by atoms with van der Waals surface area (Å²) in [5, 5.41) is 23.0. The Labute approximate surface area is 132 Å². The minimum Gasteiger partial charge on any atom is -0.467 e. The van der Waals surface area contributed by atoms with Gasteiger partial charge in [0.2, 0.25) is 11.5 Å². The monoisotopic (exact) mass is 338 g/mol. The van der Waals surface area contributed by atoms with Gasteiger partial charge in [0.25, 0.3) is 0 Å². The molecule has 3 heterocycles. The topological polar surface area (TPSA) is 112 Å². The molecule has 0 aliphatic heterocycles. The Bertz CT molecular complexity index is 782. The lowest BCUT2D eigenvalue weighted by atomic mass is 10.4. The van der Waals surface area contributed by atoms with Crippen LogP contribution in [0.1, 0.15) is 5.76 Å². The van der Waals surface area contributed by atoms with Gasteiger partial charge in [-0.1, -0.05) is 11.3 Å². The van der Waals surface area contributed by atoms with Crippen LogP contribution in [0.5, 0.6) is 0 Å². The van der Waals surface area contributed by atoms with E-state index in [9.17, 15) is 10.1 Å². The lowest BCUT2D eigenvalue weighted by molar-refractivity contribution is -0.392. The number of aromatic nitrogens is 4. The molecule has 0 amide bonds. The van der Waals surface area contributed by atoms with Crippen LogP contribution in [0.2, 0.25) is 0 Å². The molecule has 0 aliphatic rings. The molecule has 0 unspecified atom stereocenters. The second-order valence-electron chi connectivity index (χ2n) is 4.15. The molecule has 114 valence electrons. The van der Waals surface area contributed by atoms with E-state index in [2.05, 4.69) is 20.5 Å². The maximum atomic E-state index is 10.9. The van der Waals surface area contributed by atoms with E-state index in [1.165, 1.54) is 17.7 Å². The molecule has 0 fully saturated rings. The van der Waals surface area contributed by atoms with Gasteiger partial charge in [0.1, 0.15) is 5.76 Å². The predicted octanol–water partition coefficient (Wildman–Crippen LogP) is 2.54. The molecule has 1 N–H and O–H groups in total. The van der Waals surface area contributed by atoms with Crippen molar-refractivity contribution in [1.82, 2.24) is 19.7 Å². The van der Waals surface area contributed by atoms with Crippen LogP contribution in [-0.2, 0) is 13.6 Å². The lowest BCUT2D eigenvalue weighted by Gasteiger charge is -1.98. The number of hydrogen-bond acceptors (Lipinski definition) is 9. The van der Waals surface area contributed by atoms with Crippen molar-refractivity contribution in [3.8, 4) is 0 Å². The zero-order valence-corrected chi connectivity index (χ0v) is 12.9. The highest BCUT2D eigenvalue weighted by Crippen LogP contribution is 2.36. The van der Waals surface area contributed by atoms with E-state index in [-0.39, 0.29) is 5.82 Å². The maximum Gasteiger partial charge on any atom is 0.396 e. The molecular formula is C11H10N6O3S2. The summed E-state index contributed by atoms with van der Waals surface area (Å²) in [7, 11) is 1.69. The van der Waals surface area contributed by atoms with E-state index in [0.717, 1.165) is 17.5 Å². The summed E-state index contributed by atoms with van der Waals surface area (Å²) in [4.78, 5) is 14.2. The summed E-state index contributed by atoms with van der Waals surface area (Å²) < 4.78 is 7.38. The molecule has 0 bridgehead atoms. The molecule has 3 rings (SSSR count). The fourth-order valence-corrected chi connectivity index (χ4v) is 3.40. The lowest BCUT2D eigenvalue weighted by Crippen LogP contribution is -1.96. The minimum absolute atomic E-state index is 0.187. The van der Waals surface area contributed by atoms with E-state index in [1.54, 1.807) is 23.9 Å². The zero-order valence-electron chi connectivity index (χ0n) is 11.3. The van der Waals surface area contributed by atoms with Crippen LogP contribution >= 0.6 is 23.1 Å². The van der Waals surface area contributed by atoms with Crippen molar-refractivity contribution >= 4 is 34.0 Å². The Hall–Kier alpha value is -2.40. The van der Waals surface area contributed by atoms with Crippen LogP contribution in [0.25, 0.3) is 0 Å². The van der Waals surface area contributed by atoms with Crippen molar-refractivity contribution in [2.24, 2.45) is 7.05 Å². The third-order valence-corrected chi connectivity index (χ3v) is 4.72. The van der Waals surface area contributed by atoms with Crippen LogP contribution < -0.4 is 5.32 Å². The van der Waals surface area contributed by atoms with Crippen LogP contribution in [0, 0.1) is 10.1 Å². The first-order valence-electron chi connectivity index (χ1n) is 6.07.